The summed E-state index contributed by atoms with van der Waals surface area (Å²) < 4.78 is 5.42. The minimum atomic E-state index is -0.919. The molecule has 0 aromatic carbocycles. The average molecular weight is 350 g/mol. The number of aliphatic hydroxyl groups excluding tert-OH is 2. The average Bonchev–Trinajstić information content (AvgIpc) is 2.61. The topological polar surface area (TPSA) is 82.9 Å². The summed E-state index contributed by atoms with van der Waals surface area (Å²) in [5, 5.41) is 20.1. The van der Waals surface area contributed by atoms with E-state index in [0.29, 0.717) is 31.8 Å². The Hall–Kier alpha value is -1.50. The van der Waals surface area contributed by atoms with E-state index in [0.717, 1.165) is 37.8 Å². The Balaban J connectivity index is 2.03. The lowest BCUT2D eigenvalue weighted by atomic mass is 10.1. The van der Waals surface area contributed by atoms with Crippen molar-refractivity contribution in [2.45, 2.75) is 57.7 Å². The van der Waals surface area contributed by atoms with Crippen LogP contribution >= 0.6 is 0 Å². The quantitative estimate of drug-likeness (QED) is 0.809. The third-order valence-electron chi connectivity index (χ3n) is 4.54. The minimum Gasteiger partial charge on any atom is -0.390 e. The van der Waals surface area contributed by atoms with Gasteiger partial charge in [0.2, 0.25) is 0 Å². The van der Waals surface area contributed by atoms with E-state index in [-0.39, 0.29) is 12.5 Å². The van der Waals surface area contributed by atoms with Crippen molar-refractivity contribution in [3.05, 3.63) is 29.6 Å². The van der Waals surface area contributed by atoms with E-state index in [1.165, 1.54) is 0 Å². The van der Waals surface area contributed by atoms with Gasteiger partial charge in [0, 0.05) is 25.4 Å². The van der Waals surface area contributed by atoms with Crippen LogP contribution in [0.1, 0.15) is 54.7 Å². The van der Waals surface area contributed by atoms with Crippen LogP contribution in [0.3, 0.4) is 0 Å². The molecule has 1 aliphatic heterocycles. The molecule has 0 unspecified atom stereocenters. The molecule has 25 heavy (non-hydrogen) atoms. The zero-order valence-electron chi connectivity index (χ0n) is 15.1. The Morgan fingerprint density at radius 1 is 1.12 bits per heavy atom. The van der Waals surface area contributed by atoms with E-state index in [1.807, 2.05) is 19.1 Å². The summed E-state index contributed by atoms with van der Waals surface area (Å²) in [6.45, 7) is 3.65. The summed E-state index contributed by atoms with van der Waals surface area (Å²) in [4.78, 5) is 18.8. The molecule has 6 nitrogen and oxygen atoms in total. The fourth-order valence-corrected chi connectivity index (χ4v) is 2.97. The van der Waals surface area contributed by atoms with Gasteiger partial charge in [-0.05, 0) is 38.3 Å². The molecule has 1 aromatic rings. The summed E-state index contributed by atoms with van der Waals surface area (Å²) in [5.41, 5.74) is 1.24. The smallest absolute Gasteiger partial charge is 0.272 e. The lowest BCUT2D eigenvalue weighted by Crippen LogP contribution is -2.38. The Labute approximate surface area is 149 Å². The number of rotatable bonds is 1. The number of aromatic nitrogens is 1. The van der Waals surface area contributed by atoms with Crippen LogP contribution in [-0.4, -0.2) is 64.5 Å². The highest BCUT2D eigenvalue weighted by molar-refractivity contribution is 5.92. The number of nitrogens with zero attached hydrogens (tertiary/aromatic N) is 2. The SMILES string of the molecule is Cc1cccc(C(=O)N2CCCCCCCOC[C@@H](O)[C@@H](O)CC2)n1. The number of ether oxygens (including phenoxy) is 1. The molecule has 0 spiro atoms. The summed E-state index contributed by atoms with van der Waals surface area (Å²) >= 11 is 0. The fraction of sp³-hybridized carbons (Fsp3) is 0.684. The molecule has 1 amide bonds. The number of aliphatic hydroxyl groups is 2. The standard InChI is InChI=1S/C19H30N2O4/c1-15-8-7-9-16(20-15)19(24)21-11-5-3-2-4-6-13-25-14-18(23)17(22)10-12-21/h7-9,17-18,22-23H,2-6,10-14H2,1H3/t17-,18+/m0/s1. The number of amides is 1. The second-order valence-electron chi connectivity index (χ2n) is 6.72. The normalized spacial score (nSPS) is 24.5. The van der Waals surface area contributed by atoms with Gasteiger partial charge in [-0.1, -0.05) is 25.3 Å². The lowest BCUT2D eigenvalue weighted by Gasteiger charge is -2.26. The highest BCUT2D eigenvalue weighted by Gasteiger charge is 2.21. The van der Waals surface area contributed by atoms with Crippen molar-refractivity contribution in [2.75, 3.05) is 26.3 Å². The molecule has 2 atom stereocenters. The first-order valence-corrected chi connectivity index (χ1v) is 9.24. The van der Waals surface area contributed by atoms with Gasteiger partial charge in [-0.3, -0.25) is 4.79 Å². The molecule has 1 fully saturated rings. The first kappa shape index (κ1) is 19.8. The molecule has 2 N–H and O–H groups in total. The Kier molecular flexibility index (Phi) is 8.31. The van der Waals surface area contributed by atoms with Gasteiger partial charge >= 0.3 is 0 Å². The minimum absolute atomic E-state index is 0.117. The molecule has 0 saturated carbocycles. The van der Waals surface area contributed by atoms with Crippen molar-refractivity contribution in [3.63, 3.8) is 0 Å². The van der Waals surface area contributed by atoms with E-state index in [9.17, 15) is 15.0 Å². The third kappa shape index (κ3) is 6.72. The number of carbonyl (C=O) groups excluding carboxylic acids is 1. The molecule has 1 saturated heterocycles. The van der Waals surface area contributed by atoms with Crippen LogP contribution in [0, 0.1) is 6.92 Å². The Morgan fingerprint density at radius 2 is 1.88 bits per heavy atom. The van der Waals surface area contributed by atoms with Gasteiger partial charge in [-0.25, -0.2) is 4.98 Å². The summed E-state index contributed by atoms with van der Waals surface area (Å²) in [6, 6.07) is 5.41. The van der Waals surface area contributed by atoms with Gasteiger partial charge in [0.05, 0.1) is 12.7 Å². The first-order valence-electron chi connectivity index (χ1n) is 9.24. The number of hydrogen-bond donors (Lipinski definition) is 2. The van der Waals surface area contributed by atoms with E-state index < -0.39 is 12.2 Å². The largest absolute Gasteiger partial charge is 0.390 e. The van der Waals surface area contributed by atoms with E-state index >= 15 is 0 Å². The van der Waals surface area contributed by atoms with Crippen LogP contribution < -0.4 is 0 Å². The summed E-state index contributed by atoms with van der Waals surface area (Å²) in [5.74, 6) is -0.117. The molecular weight excluding hydrogens is 320 g/mol. The van der Waals surface area contributed by atoms with Crippen LogP contribution in [0.5, 0.6) is 0 Å². The van der Waals surface area contributed by atoms with E-state index in [2.05, 4.69) is 4.98 Å². The van der Waals surface area contributed by atoms with Crippen molar-refractivity contribution in [3.8, 4) is 0 Å². The molecule has 0 radical (unpaired) electrons. The van der Waals surface area contributed by atoms with Gasteiger partial charge in [0.1, 0.15) is 11.8 Å². The molecule has 6 heteroatoms. The second-order valence-corrected chi connectivity index (χ2v) is 6.72. The highest BCUT2D eigenvalue weighted by atomic mass is 16.5. The van der Waals surface area contributed by atoms with Crippen LogP contribution in [0.4, 0.5) is 0 Å². The first-order chi connectivity index (χ1) is 12.1. The zero-order valence-corrected chi connectivity index (χ0v) is 15.1. The zero-order chi connectivity index (χ0) is 18.1. The van der Waals surface area contributed by atoms with Crippen LogP contribution in [-0.2, 0) is 4.74 Å². The van der Waals surface area contributed by atoms with Crippen molar-refractivity contribution in [2.24, 2.45) is 0 Å². The van der Waals surface area contributed by atoms with Gasteiger partial charge < -0.3 is 19.8 Å². The maximum absolute atomic E-state index is 12.8. The predicted octanol–water partition coefficient (Wildman–Crippen LogP) is 1.92. The van der Waals surface area contributed by atoms with Crippen molar-refractivity contribution in [1.29, 1.82) is 0 Å². The lowest BCUT2D eigenvalue weighted by molar-refractivity contribution is -0.0434. The molecule has 0 bridgehead atoms. The predicted molar refractivity (Wildman–Crippen MR) is 95.4 cm³/mol. The molecule has 2 rings (SSSR count). The molecule has 140 valence electrons. The van der Waals surface area contributed by atoms with Crippen LogP contribution in [0.2, 0.25) is 0 Å². The Morgan fingerprint density at radius 3 is 2.68 bits per heavy atom. The summed E-state index contributed by atoms with van der Waals surface area (Å²) in [6.07, 6.45) is 3.64. The van der Waals surface area contributed by atoms with Crippen molar-refractivity contribution >= 4 is 5.91 Å². The Bertz CT molecular complexity index is 538. The van der Waals surface area contributed by atoms with E-state index in [4.69, 9.17) is 4.74 Å². The maximum atomic E-state index is 12.8. The molecule has 1 aliphatic rings. The van der Waals surface area contributed by atoms with Gasteiger partial charge in [0.25, 0.3) is 5.91 Å². The molecule has 2 heterocycles. The third-order valence-corrected chi connectivity index (χ3v) is 4.54. The number of carbonyl (C=O) groups is 1. The number of aryl methyl sites for hydroxylation is 1. The van der Waals surface area contributed by atoms with Gasteiger partial charge in [-0.2, -0.15) is 0 Å². The van der Waals surface area contributed by atoms with Crippen LogP contribution in [0.25, 0.3) is 0 Å². The highest BCUT2D eigenvalue weighted by Crippen LogP contribution is 2.12. The fourth-order valence-electron chi connectivity index (χ4n) is 2.97. The van der Waals surface area contributed by atoms with Gasteiger partial charge in [-0.15, -0.1) is 0 Å². The second kappa shape index (κ2) is 10.5. The number of hydrogen-bond acceptors (Lipinski definition) is 5. The molecule has 0 aliphatic carbocycles. The van der Waals surface area contributed by atoms with Crippen molar-refractivity contribution in [1.82, 2.24) is 9.88 Å². The maximum Gasteiger partial charge on any atom is 0.272 e. The van der Waals surface area contributed by atoms with E-state index in [1.54, 1.807) is 11.0 Å². The number of pyridine rings is 1. The summed E-state index contributed by atoms with van der Waals surface area (Å²) in [7, 11) is 0. The van der Waals surface area contributed by atoms with Crippen molar-refractivity contribution < 1.29 is 19.7 Å². The van der Waals surface area contributed by atoms with Crippen LogP contribution in [0.15, 0.2) is 18.2 Å². The molecule has 1 aromatic heterocycles. The van der Waals surface area contributed by atoms with Gasteiger partial charge in [0.15, 0.2) is 0 Å². The molecular formula is C19H30N2O4. The monoisotopic (exact) mass is 350 g/mol.